The number of aryl methyl sites for hydroxylation is 1. The molecule has 0 aliphatic heterocycles. The smallest absolute Gasteiger partial charge is 0.105 e. The lowest BCUT2D eigenvalue weighted by molar-refractivity contribution is 0.202. The summed E-state index contributed by atoms with van der Waals surface area (Å²) in [6.07, 6.45) is 4.78. The van der Waals surface area contributed by atoms with Crippen LogP contribution in [0.2, 0.25) is 0 Å². The topological polar surface area (TPSA) is 39.1 Å². The lowest BCUT2D eigenvalue weighted by Gasteiger charge is -2.12. The predicted molar refractivity (Wildman–Crippen MR) is 77.5 cm³/mol. The Morgan fingerprint density at radius 2 is 2.16 bits per heavy atom. The van der Waals surface area contributed by atoms with Gasteiger partial charge in [0.25, 0.3) is 0 Å². The van der Waals surface area contributed by atoms with E-state index >= 15 is 0 Å². The molecule has 102 valence electrons. The number of rotatable bonds is 7. The van der Waals surface area contributed by atoms with E-state index in [0.717, 1.165) is 31.9 Å². The van der Waals surface area contributed by atoms with Crippen LogP contribution in [0.1, 0.15) is 11.4 Å². The highest BCUT2D eigenvalue weighted by Crippen LogP contribution is 2.15. The Bertz CT molecular complexity index is 508. The molecule has 0 saturated carbocycles. The molecule has 1 aromatic heterocycles. The Kier molecular flexibility index (Phi) is 4.98. The zero-order valence-electron chi connectivity index (χ0n) is 11.6. The number of hydrogen-bond acceptors (Lipinski definition) is 3. The Balaban J connectivity index is 1.90. The Hall–Kier alpha value is -1.81. The summed E-state index contributed by atoms with van der Waals surface area (Å²) >= 11 is 0. The van der Waals surface area contributed by atoms with Gasteiger partial charge in [-0.1, -0.05) is 18.2 Å². The Morgan fingerprint density at radius 1 is 1.32 bits per heavy atom. The molecule has 2 rings (SSSR count). The number of anilines is 1. The van der Waals surface area contributed by atoms with Crippen molar-refractivity contribution in [1.29, 1.82) is 0 Å². The highest BCUT2D eigenvalue weighted by molar-refractivity contribution is 5.51. The Morgan fingerprint density at radius 3 is 2.89 bits per heavy atom. The second kappa shape index (κ2) is 6.95. The van der Waals surface area contributed by atoms with Crippen molar-refractivity contribution < 1.29 is 4.74 Å². The van der Waals surface area contributed by atoms with Crippen LogP contribution in [0.3, 0.4) is 0 Å². The molecule has 0 radical (unpaired) electrons. The minimum atomic E-state index is 0.749. The SMILES string of the molecule is COCCc1ccccc1NCCn1ccnc1C. The molecule has 0 atom stereocenters. The maximum atomic E-state index is 5.14. The van der Waals surface area contributed by atoms with Crippen molar-refractivity contribution in [3.05, 3.63) is 48.0 Å². The van der Waals surface area contributed by atoms with Gasteiger partial charge in [-0.25, -0.2) is 4.98 Å². The summed E-state index contributed by atoms with van der Waals surface area (Å²) in [5.41, 5.74) is 2.49. The number of para-hydroxylation sites is 1. The fraction of sp³-hybridized carbons (Fsp3) is 0.400. The van der Waals surface area contributed by atoms with Gasteiger partial charge in [0, 0.05) is 38.3 Å². The van der Waals surface area contributed by atoms with E-state index in [1.165, 1.54) is 11.3 Å². The number of hydrogen-bond donors (Lipinski definition) is 1. The average Bonchev–Trinajstić information content (AvgIpc) is 2.83. The highest BCUT2D eigenvalue weighted by atomic mass is 16.5. The second-order valence-corrected chi connectivity index (χ2v) is 4.49. The number of benzene rings is 1. The maximum absolute atomic E-state index is 5.14. The van der Waals surface area contributed by atoms with Crippen molar-refractivity contribution in [3.8, 4) is 0 Å². The molecule has 19 heavy (non-hydrogen) atoms. The molecule has 4 nitrogen and oxygen atoms in total. The standard InChI is InChI=1S/C15H21N3O/c1-13-16-8-10-18(13)11-9-17-15-6-4-3-5-14(15)7-12-19-2/h3-6,8,10,17H,7,9,11-12H2,1-2H3. The van der Waals surface area contributed by atoms with E-state index in [4.69, 9.17) is 4.74 Å². The van der Waals surface area contributed by atoms with Crippen molar-refractivity contribution in [1.82, 2.24) is 9.55 Å². The zero-order chi connectivity index (χ0) is 13.5. The number of nitrogens with one attached hydrogen (secondary N) is 1. The maximum Gasteiger partial charge on any atom is 0.105 e. The molecular formula is C15H21N3O. The molecular weight excluding hydrogens is 238 g/mol. The first-order chi connectivity index (χ1) is 9.31. The Labute approximate surface area is 114 Å². The van der Waals surface area contributed by atoms with Crippen molar-refractivity contribution in [2.24, 2.45) is 0 Å². The van der Waals surface area contributed by atoms with E-state index in [9.17, 15) is 0 Å². The lowest BCUT2D eigenvalue weighted by Crippen LogP contribution is -2.12. The number of ether oxygens (including phenoxy) is 1. The minimum absolute atomic E-state index is 0.749. The molecule has 0 saturated heterocycles. The van der Waals surface area contributed by atoms with Crippen LogP contribution < -0.4 is 5.32 Å². The lowest BCUT2D eigenvalue weighted by atomic mass is 10.1. The molecule has 0 aliphatic carbocycles. The second-order valence-electron chi connectivity index (χ2n) is 4.49. The van der Waals surface area contributed by atoms with Gasteiger partial charge in [-0.15, -0.1) is 0 Å². The quantitative estimate of drug-likeness (QED) is 0.830. The molecule has 0 aliphatic rings. The van der Waals surface area contributed by atoms with Crippen molar-refractivity contribution in [2.45, 2.75) is 19.9 Å². The van der Waals surface area contributed by atoms with Gasteiger partial charge < -0.3 is 14.6 Å². The predicted octanol–water partition coefficient (Wildman–Crippen LogP) is 2.49. The molecule has 0 bridgehead atoms. The summed E-state index contributed by atoms with van der Waals surface area (Å²) in [6, 6.07) is 8.38. The fourth-order valence-electron chi connectivity index (χ4n) is 2.07. The minimum Gasteiger partial charge on any atom is -0.384 e. The molecule has 0 unspecified atom stereocenters. The van der Waals surface area contributed by atoms with Gasteiger partial charge in [-0.05, 0) is 25.0 Å². The average molecular weight is 259 g/mol. The van der Waals surface area contributed by atoms with Crippen molar-refractivity contribution in [2.75, 3.05) is 25.6 Å². The summed E-state index contributed by atoms with van der Waals surface area (Å²) in [5, 5.41) is 3.48. The van der Waals surface area contributed by atoms with E-state index in [2.05, 4.69) is 39.1 Å². The highest BCUT2D eigenvalue weighted by Gasteiger charge is 2.01. The first kappa shape index (κ1) is 13.6. The molecule has 1 heterocycles. The largest absolute Gasteiger partial charge is 0.384 e. The molecule has 0 amide bonds. The molecule has 4 heteroatoms. The number of methoxy groups -OCH3 is 1. The van der Waals surface area contributed by atoms with E-state index in [-0.39, 0.29) is 0 Å². The summed E-state index contributed by atoms with van der Waals surface area (Å²) < 4.78 is 7.28. The van der Waals surface area contributed by atoms with Crippen LogP contribution in [0.25, 0.3) is 0 Å². The van der Waals surface area contributed by atoms with Crippen LogP contribution >= 0.6 is 0 Å². The van der Waals surface area contributed by atoms with Crippen LogP contribution in [0.4, 0.5) is 5.69 Å². The molecule has 0 fully saturated rings. The van der Waals surface area contributed by atoms with Gasteiger partial charge in [-0.2, -0.15) is 0 Å². The third-order valence-corrected chi connectivity index (χ3v) is 3.18. The third-order valence-electron chi connectivity index (χ3n) is 3.18. The summed E-state index contributed by atoms with van der Waals surface area (Å²) in [6.45, 7) is 4.58. The summed E-state index contributed by atoms with van der Waals surface area (Å²) in [7, 11) is 1.73. The third kappa shape index (κ3) is 3.83. The van der Waals surface area contributed by atoms with Gasteiger partial charge in [0.1, 0.15) is 5.82 Å². The number of aromatic nitrogens is 2. The van der Waals surface area contributed by atoms with Crippen molar-refractivity contribution >= 4 is 5.69 Å². The van der Waals surface area contributed by atoms with Crippen molar-refractivity contribution in [3.63, 3.8) is 0 Å². The number of imidazole rings is 1. The van der Waals surface area contributed by atoms with Crippen LogP contribution in [-0.2, 0) is 17.7 Å². The fourth-order valence-corrected chi connectivity index (χ4v) is 2.07. The van der Waals surface area contributed by atoms with Crippen LogP contribution in [0, 0.1) is 6.92 Å². The monoisotopic (exact) mass is 259 g/mol. The molecule has 1 aromatic carbocycles. The van der Waals surface area contributed by atoms with Gasteiger partial charge in [0.05, 0.1) is 6.61 Å². The van der Waals surface area contributed by atoms with E-state index in [0.29, 0.717) is 0 Å². The van der Waals surface area contributed by atoms with Crippen LogP contribution in [-0.4, -0.2) is 29.8 Å². The van der Waals surface area contributed by atoms with E-state index < -0.39 is 0 Å². The van der Waals surface area contributed by atoms with Crippen LogP contribution in [0.15, 0.2) is 36.7 Å². The van der Waals surface area contributed by atoms with Gasteiger partial charge in [0.15, 0.2) is 0 Å². The normalized spacial score (nSPS) is 10.6. The summed E-state index contributed by atoms with van der Waals surface area (Å²) in [4.78, 5) is 4.22. The number of nitrogens with zero attached hydrogens (tertiary/aromatic N) is 2. The first-order valence-corrected chi connectivity index (χ1v) is 6.59. The molecule has 1 N–H and O–H groups in total. The molecule has 2 aromatic rings. The van der Waals surface area contributed by atoms with Gasteiger partial charge in [0.2, 0.25) is 0 Å². The van der Waals surface area contributed by atoms with Crippen LogP contribution in [0.5, 0.6) is 0 Å². The van der Waals surface area contributed by atoms with Gasteiger partial charge >= 0.3 is 0 Å². The summed E-state index contributed by atoms with van der Waals surface area (Å²) in [5.74, 6) is 1.05. The molecule has 0 spiro atoms. The van der Waals surface area contributed by atoms with Gasteiger partial charge in [-0.3, -0.25) is 0 Å². The first-order valence-electron chi connectivity index (χ1n) is 6.59. The zero-order valence-corrected chi connectivity index (χ0v) is 11.6. The van der Waals surface area contributed by atoms with E-state index in [1.807, 2.05) is 19.3 Å². The van der Waals surface area contributed by atoms with E-state index in [1.54, 1.807) is 7.11 Å².